The van der Waals surface area contributed by atoms with Gasteiger partial charge in [0.2, 0.25) is 11.5 Å². The van der Waals surface area contributed by atoms with Gasteiger partial charge in [-0.05, 0) is 6.42 Å². The van der Waals surface area contributed by atoms with Crippen molar-refractivity contribution in [1.29, 1.82) is 0 Å². The zero-order valence-electron chi connectivity index (χ0n) is 16.6. The van der Waals surface area contributed by atoms with E-state index < -0.39 is 42.3 Å². The first kappa shape index (κ1) is 23.1. The molecule has 0 saturated carbocycles. The molecule has 1 unspecified atom stereocenters. The number of esters is 3. The maximum atomic E-state index is 12.1. The third-order valence-corrected chi connectivity index (χ3v) is 4.65. The highest BCUT2D eigenvalue weighted by molar-refractivity contribution is 6.03. The van der Waals surface area contributed by atoms with Gasteiger partial charge < -0.3 is 14.8 Å². The maximum absolute atomic E-state index is 12.1. The Balaban J connectivity index is 2.16. The summed E-state index contributed by atoms with van der Waals surface area (Å²) in [7, 11) is 0. The number of hydrogen-bond donors (Lipinski definition) is 1. The Kier molecular flexibility index (Phi) is 10.7. The first-order valence-electron chi connectivity index (χ1n) is 10.1. The molecule has 1 rings (SSSR count). The Labute approximate surface area is 161 Å². The van der Waals surface area contributed by atoms with Gasteiger partial charge in [0.15, 0.2) is 0 Å². The molecular weight excluding hydrogens is 350 g/mol. The van der Waals surface area contributed by atoms with Crippen LogP contribution in [0.15, 0.2) is 0 Å². The predicted octanol–water partition coefficient (Wildman–Crippen LogP) is 3.19. The molecular formula is C20H33NO6. The third kappa shape index (κ3) is 9.02. The van der Waals surface area contributed by atoms with E-state index in [1.54, 1.807) is 0 Å². The lowest BCUT2D eigenvalue weighted by Crippen LogP contribution is -2.44. The van der Waals surface area contributed by atoms with E-state index in [1.165, 1.54) is 44.9 Å². The minimum absolute atomic E-state index is 0.394. The number of cyclic esters (lactones) is 2. The van der Waals surface area contributed by atoms with Crippen LogP contribution in [0.3, 0.4) is 0 Å². The van der Waals surface area contributed by atoms with Gasteiger partial charge in [0, 0.05) is 13.5 Å². The van der Waals surface area contributed by atoms with Gasteiger partial charge in [-0.25, -0.2) is 4.79 Å². The fraction of sp³-hybridized carbons (Fsp3) is 0.800. The summed E-state index contributed by atoms with van der Waals surface area (Å²) in [6.07, 6.45) is 11.2. The van der Waals surface area contributed by atoms with Gasteiger partial charge in [-0.15, -0.1) is 0 Å². The second kappa shape index (κ2) is 12.5. The van der Waals surface area contributed by atoms with Crippen molar-refractivity contribution in [3.8, 4) is 0 Å². The normalized spacial score (nSPS) is 19.0. The number of amides is 1. The van der Waals surface area contributed by atoms with Crippen molar-refractivity contribution < 1.29 is 28.7 Å². The quantitative estimate of drug-likeness (QED) is 0.281. The zero-order chi connectivity index (χ0) is 20.1. The lowest BCUT2D eigenvalue weighted by Gasteiger charge is -2.22. The van der Waals surface area contributed by atoms with E-state index in [4.69, 9.17) is 4.74 Å². The van der Waals surface area contributed by atoms with Crippen LogP contribution in [0.5, 0.6) is 0 Å². The van der Waals surface area contributed by atoms with E-state index in [0.717, 1.165) is 26.2 Å². The van der Waals surface area contributed by atoms with Crippen LogP contribution in [0.1, 0.15) is 90.9 Å². The van der Waals surface area contributed by atoms with Gasteiger partial charge in [0.1, 0.15) is 0 Å². The molecule has 1 saturated heterocycles. The minimum Gasteiger partial charge on any atom is -0.446 e. The van der Waals surface area contributed by atoms with Crippen LogP contribution in [0.2, 0.25) is 0 Å². The Bertz CT molecular complexity index is 519. The summed E-state index contributed by atoms with van der Waals surface area (Å²) in [6, 6.07) is 0. The van der Waals surface area contributed by atoms with Crippen LogP contribution in [-0.4, -0.2) is 36.0 Å². The smallest absolute Gasteiger partial charge is 0.359 e. The van der Waals surface area contributed by atoms with Gasteiger partial charge in [-0.1, -0.05) is 64.7 Å². The van der Waals surface area contributed by atoms with Crippen LogP contribution in [0.25, 0.3) is 0 Å². The van der Waals surface area contributed by atoms with Gasteiger partial charge in [0.05, 0.1) is 12.8 Å². The number of hydrogen-bond acceptors (Lipinski definition) is 6. The molecule has 1 amide bonds. The zero-order valence-corrected chi connectivity index (χ0v) is 16.6. The molecule has 7 heteroatoms. The molecule has 1 fully saturated rings. The summed E-state index contributed by atoms with van der Waals surface area (Å²) < 4.78 is 9.42. The van der Waals surface area contributed by atoms with Crippen molar-refractivity contribution in [3.05, 3.63) is 0 Å². The lowest BCUT2D eigenvalue weighted by atomic mass is 9.97. The second-order valence-electron chi connectivity index (χ2n) is 7.23. The van der Waals surface area contributed by atoms with Crippen molar-refractivity contribution in [1.82, 2.24) is 5.32 Å². The van der Waals surface area contributed by atoms with Gasteiger partial charge in [-0.3, -0.25) is 14.4 Å². The molecule has 1 N–H and O–H groups in total. The average Bonchev–Trinajstić information content (AvgIpc) is 2.84. The van der Waals surface area contributed by atoms with E-state index in [9.17, 15) is 19.2 Å². The molecule has 1 aliphatic heterocycles. The van der Waals surface area contributed by atoms with E-state index >= 15 is 0 Å². The average molecular weight is 383 g/mol. The number of carbonyl (C=O) groups is 4. The van der Waals surface area contributed by atoms with Gasteiger partial charge >= 0.3 is 17.9 Å². The van der Waals surface area contributed by atoms with E-state index in [0.29, 0.717) is 6.54 Å². The molecule has 27 heavy (non-hydrogen) atoms. The highest BCUT2D eigenvalue weighted by Gasteiger charge is 2.53. The molecule has 154 valence electrons. The van der Waals surface area contributed by atoms with Crippen LogP contribution in [-0.2, 0) is 28.7 Å². The van der Waals surface area contributed by atoms with Gasteiger partial charge in [0.25, 0.3) is 0 Å². The van der Waals surface area contributed by atoms with Crippen molar-refractivity contribution >= 4 is 23.8 Å². The molecule has 1 atom stereocenters. The van der Waals surface area contributed by atoms with Crippen molar-refractivity contribution in [2.75, 3.05) is 6.54 Å². The number of ether oxygens (including phenoxy) is 2. The molecule has 0 aromatic carbocycles. The Hall–Kier alpha value is -1.92. The second-order valence-corrected chi connectivity index (χ2v) is 7.23. The Morgan fingerprint density at radius 2 is 1.56 bits per heavy atom. The summed E-state index contributed by atoms with van der Waals surface area (Å²) in [5.74, 6) is -2.93. The lowest BCUT2D eigenvalue weighted by molar-refractivity contribution is -0.173. The fourth-order valence-electron chi connectivity index (χ4n) is 3.22. The van der Waals surface area contributed by atoms with Crippen molar-refractivity contribution in [2.45, 2.75) is 96.5 Å². The summed E-state index contributed by atoms with van der Waals surface area (Å²) in [5, 5.41) is 2.72. The minimum atomic E-state index is -1.81. The predicted molar refractivity (Wildman–Crippen MR) is 99.7 cm³/mol. The van der Waals surface area contributed by atoms with E-state index in [2.05, 4.69) is 17.0 Å². The van der Waals surface area contributed by atoms with Crippen LogP contribution >= 0.6 is 0 Å². The molecule has 7 nitrogen and oxygen atoms in total. The SMILES string of the molecule is CCCCCCCCCCCCNC(=O)CC1(OC(C)=O)CC(=O)OC1=O. The largest absolute Gasteiger partial charge is 0.446 e. The number of unbranched alkanes of at least 4 members (excludes halogenated alkanes) is 9. The number of carbonyl (C=O) groups excluding carboxylic acids is 4. The molecule has 0 aromatic rings. The van der Waals surface area contributed by atoms with Crippen LogP contribution in [0.4, 0.5) is 0 Å². The Morgan fingerprint density at radius 3 is 2.04 bits per heavy atom. The summed E-state index contributed by atoms with van der Waals surface area (Å²) >= 11 is 0. The molecule has 0 spiro atoms. The summed E-state index contributed by atoms with van der Waals surface area (Å²) in [4.78, 5) is 46.5. The van der Waals surface area contributed by atoms with E-state index in [1.807, 2.05) is 0 Å². The highest BCUT2D eigenvalue weighted by Crippen LogP contribution is 2.29. The number of nitrogens with one attached hydrogen (secondary N) is 1. The highest BCUT2D eigenvalue weighted by atomic mass is 16.6. The van der Waals surface area contributed by atoms with E-state index in [-0.39, 0.29) is 0 Å². The molecule has 0 aromatic heterocycles. The molecule has 1 heterocycles. The topological polar surface area (TPSA) is 98.8 Å². The first-order chi connectivity index (χ1) is 12.9. The van der Waals surface area contributed by atoms with Crippen LogP contribution in [0, 0.1) is 0 Å². The van der Waals surface area contributed by atoms with Crippen molar-refractivity contribution in [3.63, 3.8) is 0 Å². The maximum Gasteiger partial charge on any atom is 0.359 e. The summed E-state index contributed by atoms with van der Waals surface area (Å²) in [6.45, 7) is 3.84. The molecule has 0 radical (unpaired) electrons. The fourth-order valence-corrected chi connectivity index (χ4v) is 3.22. The standard InChI is InChI=1S/C20H33NO6/c1-3-4-5-6-7-8-9-10-11-12-13-21-17(23)14-20(27-16(2)22)15-18(24)26-19(20)25/h3-15H2,1-2H3,(H,21,23). The number of rotatable bonds is 14. The van der Waals surface area contributed by atoms with Crippen LogP contribution < -0.4 is 5.32 Å². The van der Waals surface area contributed by atoms with Crippen molar-refractivity contribution in [2.24, 2.45) is 0 Å². The summed E-state index contributed by atoms with van der Waals surface area (Å²) in [5.41, 5.74) is -1.81. The molecule has 1 aliphatic rings. The molecule has 0 aliphatic carbocycles. The van der Waals surface area contributed by atoms with Gasteiger partial charge in [-0.2, -0.15) is 0 Å². The molecule has 0 bridgehead atoms. The first-order valence-corrected chi connectivity index (χ1v) is 10.1. The monoisotopic (exact) mass is 383 g/mol. The Morgan fingerprint density at radius 1 is 1.00 bits per heavy atom. The third-order valence-electron chi connectivity index (χ3n) is 4.65.